The minimum atomic E-state index is -0.438. The van der Waals surface area contributed by atoms with Gasteiger partial charge in [0.2, 0.25) is 0 Å². The Hall–Kier alpha value is -1.39. The molecule has 118 valence electrons. The summed E-state index contributed by atoms with van der Waals surface area (Å²) in [5, 5.41) is 0. The predicted molar refractivity (Wildman–Crippen MR) is 82.6 cm³/mol. The topological polar surface area (TPSA) is 44.8 Å². The lowest BCUT2D eigenvalue weighted by molar-refractivity contribution is -0.247. The van der Waals surface area contributed by atoms with Crippen LogP contribution >= 0.6 is 0 Å². The summed E-state index contributed by atoms with van der Waals surface area (Å²) in [5.41, 5.74) is 5.96. The number of benzene rings is 1. The Bertz CT molecular complexity index is 477. The molecule has 0 N–H and O–H groups in total. The van der Waals surface area contributed by atoms with Crippen molar-refractivity contribution in [1.82, 2.24) is 0 Å². The van der Waals surface area contributed by atoms with E-state index < -0.39 is 5.97 Å². The fraction of sp³-hybridized carbons (Fsp3) is 0.588. The second-order valence-corrected chi connectivity index (χ2v) is 5.31. The zero-order valence-electron chi connectivity index (χ0n) is 14.0. The molecule has 0 aliphatic carbocycles. The monoisotopic (exact) mass is 294 g/mol. The molecule has 0 heterocycles. The van der Waals surface area contributed by atoms with Gasteiger partial charge in [0, 0.05) is 6.61 Å². The summed E-state index contributed by atoms with van der Waals surface area (Å²) < 4.78 is 5.26. The van der Waals surface area contributed by atoms with Gasteiger partial charge in [-0.05, 0) is 68.9 Å². The van der Waals surface area contributed by atoms with Crippen LogP contribution in [0.1, 0.15) is 51.5 Å². The summed E-state index contributed by atoms with van der Waals surface area (Å²) in [5.74, 6) is -0.438. The zero-order chi connectivity index (χ0) is 16.0. The van der Waals surface area contributed by atoms with Crippen LogP contribution in [-0.2, 0) is 14.5 Å². The second-order valence-electron chi connectivity index (χ2n) is 5.31. The lowest BCUT2D eigenvalue weighted by Crippen LogP contribution is -2.14. The van der Waals surface area contributed by atoms with Crippen LogP contribution in [0.25, 0.3) is 0 Å². The van der Waals surface area contributed by atoms with Gasteiger partial charge in [0.25, 0.3) is 0 Å². The number of rotatable bonds is 7. The molecule has 1 aromatic rings. The molecule has 1 aromatic carbocycles. The first-order valence-corrected chi connectivity index (χ1v) is 7.40. The van der Waals surface area contributed by atoms with Crippen molar-refractivity contribution < 1.29 is 19.3 Å². The third-order valence-corrected chi connectivity index (χ3v) is 4.00. The van der Waals surface area contributed by atoms with Gasteiger partial charge in [-0.1, -0.05) is 6.92 Å². The standard InChI is InChI=1S/C17H26O4/c1-7-8-19-9-10-20-21-17(18)16-14(5)12(3)11(2)13(4)15(16)6/h7-10H2,1-6H3. The van der Waals surface area contributed by atoms with E-state index in [1.807, 2.05) is 34.6 Å². The largest absolute Gasteiger partial charge is 0.379 e. The van der Waals surface area contributed by atoms with Crippen LogP contribution in [0.2, 0.25) is 0 Å². The molecule has 4 nitrogen and oxygen atoms in total. The SMILES string of the molecule is CCCOCCOOC(=O)c1c(C)c(C)c(C)c(C)c1C. The van der Waals surface area contributed by atoms with E-state index in [-0.39, 0.29) is 6.61 Å². The molecule has 0 spiro atoms. The third kappa shape index (κ3) is 4.29. The molecule has 0 bridgehead atoms. The van der Waals surface area contributed by atoms with Crippen LogP contribution < -0.4 is 0 Å². The van der Waals surface area contributed by atoms with E-state index in [1.54, 1.807) is 0 Å². The normalized spacial score (nSPS) is 10.8. The first kappa shape index (κ1) is 17.7. The van der Waals surface area contributed by atoms with Crippen LogP contribution in [-0.4, -0.2) is 25.8 Å². The van der Waals surface area contributed by atoms with E-state index in [1.165, 1.54) is 5.56 Å². The summed E-state index contributed by atoms with van der Waals surface area (Å²) in [4.78, 5) is 22.0. The van der Waals surface area contributed by atoms with Crippen molar-refractivity contribution >= 4 is 5.97 Å². The molecular weight excluding hydrogens is 268 g/mol. The highest BCUT2D eigenvalue weighted by atomic mass is 17.2. The number of carbonyl (C=O) groups excluding carboxylic acids is 1. The van der Waals surface area contributed by atoms with Crippen molar-refractivity contribution in [2.45, 2.75) is 48.0 Å². The average Bonchev–Trinajstić information content (AvgIpc) is 2.47. The van der Waals surface area contributed by atoms with Crippen molar-refractivity contribution in [2.75, 3.05) is 19.8 Å². The molecule has 0 radical (unpaired) electrons. The zero-order valence-corrected chi connectivity index (χ0v) is 14.0. The summed E-state index contributed by atoms with van der Waals surface area (Å²) in [6.45, 7) is 13.4. The predicted octanol–water partition coefficient (Wildman–Crippen LogP) is 3.74. The van der Waals surface area contributed by atoms with Crippen molar-refractivity contribution in [1.29, 1.82) is 0 Å². The quantitative estimate of drug-likeness (QED) is 0.436. The molecule has 4 heteroatoms. The Kier molecular flexibility index (Phi) is 6.85. The molecule has 0 aromatic heterocycles. The van der Waals surface area contributed by atoms with E-state index >= 15 is 0 Å². The first-order valence-electron chi connectivity index (χ1n) is 7.40. The Balaban J connectivity index is 2.71. The number of hydrogen-bond donors (Lipinski definition) is 0. The molecule has 1 rings (SSSR count). The molecule has 0 fully saturated rings. The Labute approximate surface area is 127 Å². The highest BCUT2D eigenvalue weighted by Gasteiger charge is 2.20. The molecule has 0 atom stereocenters. The van der Waals surface area contributed by atoms with Crippen molar-refractivity contribution in [3.63, 3.8) is 0 Å². The lowest BCUT2D eigenvalue weighted by atomic mass is 9.90. The molecule has 0 unspecified atom stereocenters. The number of carbonyl (C=O) groups is 1. The van der Waals surface area contributed by atoms with Crippen LogP contribution in [0.3, 0.4) is 0 Å². The third-order valence-electron chi connectivity index (χ3n) is 4.00. The van der Waals surface area contributed by atoms with Gasteiger partial charge in [0.1, 0.15) is 6.61 Å². The van der Waals surface area contributed by atoms with E-state index in [9.17, 15) is 4.79 Å². The summed E-state index contributed by atoms with van der Waals surface area (Å²) >= 11 is 0. The minimum Gasteiger partial charge on any atom is -0.379 e. The number of ether oxygens (including phenoxy) is 1. The van der Waals surface area contributed by atoms with Gasteiger partial charge >= 0.3 is 5.97 Å². The van der Waals surface area contributed by atoms with E-state index in [0.29, 0.717) is 18.8 Å². The second kappa shape index (κ2) is 8.15. The van der Waals surface area contributed by atoms with Crippen molar-refractivity contribution in [3.8, 4) is 0 Å². The van der Waals surface area contributed by atoms with Gasteiger partial charge in [0.05, 0.1) is 12.2 Å². The van der Waals surface area contributed by atoms with E-state index in [2.05, 4.69) is 6.92 Å². The summed E-state index contributed by atoms with van der Waals surface area (Å²) in [6.07, 6.45) is 0.958. The molecular formula is C17H26O4. The molecule has 0 saturated heterocycles. The van der Waals surface area contributed by atoms with Gasteiger partial charge in [-0.2, -0.15) is 4.89 Å². The number of hydrogen-bond acceptors (Lipinski definition) is 4. The fourth-order valence-corrected chi connectivity index (χ4v) is 2.28. The molecule has 0 aliphatic rings. The smallest absolute Gasteiger partial charge is 0.373 e. The van der Waals surface area contributed by atoms with Crippen LogP contribution in [0, 0.1) is 34.6 Å². The van der Waals surface area contributed by atoms with Crippen molar-refractivity contribution in [3.05, 3.63) is 33.4 Å². The Morgan fingerprint density at radius 2 is 1.33 bits per heavy atom. The van der Waals surface area contributed by atoms with Crippen LogP contribution in [0.4, 0.5) is 0 Å². The van der Waals surface area contributed by atoms with Crippen LogP contribution in [0.15, 0.2) is 0 Å². The van der Waals surface area contributed by atoms with Gasteiger partial charge in [-0.15, -0.1) is 0 Å². The van der Waals surface area contributed by atoms with Gasteiger partial charge in [-0.3, -0.25) is 4.89 Å². The summed E-state index contributed by atoms with van der Waals surface area (Å²) in [7, 11) is 0. The van der Waals surface area contributed by atoms with Crippen molar-refractivity contribution in [2.24, 2.45) is 0 Å². The maximum absolute atomic E-state index is 12.2. The molecule has 0 amide bonds. The summed E-state index contributed by atoms with van der Waals surface area (Å²) in [6, 6.07) is 0. The molecule has 21 heavy (non-hydrogen) atoms. The maximum Gasteiger partial charge on any atom is 0.373 e. The minimum absolute atomic E-state index is 0.244. The van der Waals surface area contributed by atoms with Crippen LogP contribution in [0.5, 0.6) is 0 Å². The average molecular weight is 294 g/mol. The molecule has 0 aliphatic heterocycles. The first-order chi connectivity index (χ1) is 9.91. The van der Waals surface area contributed by atoms with Gasteiger partial charge in [0.15, 0.2) is 0 Å². The maximum atomic E-state index is 12.2. The van der Waals surface area contributed by atoms with Gasteiger partial charge < -0.3 is 4.74 Å². The highest BCUT2D eigenvalue weighted by Crippen LogP contribution is 2.26. The molecule has 0 saturated carbocycles. The Morgan fingerprint density at radius 3 is 1.86 bits per heavy atom. The highest BCUT2D eigenvalue weighted by molar-refractivity contribution is 5.93. The Morgan fingerprint density at radius 1 is 0.810 bits per heavy atom. The van der Waals surface area contributed by atoms with E-state index in [0.717, 1.165) is 28.7 Å². The van der Waals surface area contributed by atoms with Gasteiger partial charge in [-0.25, -0.2) is 4.79 Å². The lowest BCUT2D eigenvalue weighted by Gasteiger charge is -2.17. The van der Waals surface area contributed by atoms with E-state index in [4.69, 9.17) is 14.5 Å². The fourth-order valence-electron chi connectivity index (χ4n) is 2.28.